The van der Waals surface area contributed by atoms with Gasteiger partial charge in [-0.15, -0.1) is 0 Å². The number of nitrogens with zero attached hydrogens (tertiary/aromatic N) is 2. The van der Waals surface area contributed by atoms with E-state index in [-0.39, 0.29) is 56.3 Å². The summed E-state index contributed by atoms with van der Waals surface area (Å²) in [5, 5.41) is 52.3. The van der Waals surface area contributed by atoms with Gasteiger partial charge >= 0.3 is 11.9 Å². The Balaban J connectivity index is 2.37. The molecular weight excluding hydrogens is 1090 g/mol. The second-order valence-corrected chi connectivity index (χ2v) is 21.0. The number of aromatic amines is 1. The lowest BCUT2D eigenvalue weighted by Gasteiger charge is -2.30. The van der Waals surface area contributed by atoms with Crippen molar-refractivity contribution in [3.8, 4) is 5.75 Å². The smallest absolute Gasteiger partial charge is 0.331 e. The molecule has 2 rings (SSSR count). The number of aromatic nitrogens is 2. The number of H-pyrrole nitrogens is 1. The number of imidazole rings is 1. The third-order valence-electron chi connectivity index (χ3n) is 13.1. The van der Waals surface area contributed by atoms with E-state index in [2.05, 4.69) is 67.5 Å². The van der Waals surface area contributed by atoms with Crippen molar-refractivity contribution in [3.63, 3.8) is 0 Å². The molecular formula is C53H85N15O15. The molecule has 0 spiro atoms. The summed E-state index contributed by atoms with van der Waals surface area (Å²) in [4.78, 5) is 159. The number of nitrogens with two attached hydrogens (primary N) is 3. The monoisotopic (exact) mass is 1170 g/mol. The Morgan fingerprint density at radius 1 is 0.639 bits per heavy atom. The molecule has 30 nitrogen and oxygen atoms in total. The van der Waals surface area contributed by atoms with Gasteiger partial charge in [-0.05, 0) is 75.5 Å². The standard InChI is InChI=1S/C53H85N15O15/c1-11-27(6)41(51(81)66-40(26(4)5)50(80)65-38(21-32-23-57-24-59-32)48(78)61-29(8)44(74)68-42(30(9)69)52(82)83-10)67-43(73)28(7)60-47(77)36(19-25(2)3)63-49(79)37(20-31-14-16-33(70)17-15-31)64-46(76)35(13-12-18-58-53(55)56)62-45(75)34(54)22-39(71)72/h14-17,23-30,34-38,40-42,69-70H,11-13,18-22,54H2,1-10H3,(H,57,59)(H,60,77)(H,61,78)(H,62,75)(H,63,79)(H,64,76)(H,65,80)(H,66,81)(H,67,73)(H,68,74)(H,71,72)(H4,55,56,58)/t27-,28-,29-,30+,34-,35-,36-,37-,38-,40-,41-,42-/m0/s1. The number of rotatable bonds is 35. The first-order valence-electron chi connectivity index (χ1n) is 27.2. The lowest BCUT2D eigenvalue weighted by atomic mass is 9.96. The van der Waals surface area contributed by atoms with Gasteiger partial charge in [-0.3, -0.25) is 52.9 Å². The van der Waals surface area contributed by atoms with E-state index >= 15 is 0 Å². The number of aliphatic hydroxyl groups is 1. The maximum atomic E-state index is 14.3. The van der Waals surface area contributed by atoms with Crippen LogP contribution in [0.1, 0.15) is 106 Å². The number of ether oxygens (including phenoxy) is 1. The minimum atomic E-state index is -1.54. The Hall–Kier alpha value is -8.41. The molecule has 0 aliphatic rings. The molecule has 0 fully saturated rings. The molecule has 1 aromatic carbocycles. The summed E-state index contributed by atoms with van der Waals surface area (Å²) in [7, 11) is 1.07. The van der Waals surface area contributed by atoms with Gasteiger partial charge in [0.2, 0.25) is 53.2 Å². The molecule has 2 aromatic rings. The number of aliphatic hydroxyl groups excluding tert-OH is 1. The normalized spacial score (nSPS) is 15.5. The van der Waals surface area contributed by atoms with Gasteiger partial charge in [-0.25, -0.2) is 9.78 Å². The molecule has 0 saturated carbocycles. The lowest BCUT2D eigenvalue weighted by Crippen LogP contribution is -2.62. The number of phenolic OH excluding ortho intramolecular Hbond substituents is 1. The number of methoxy groups -OCH3 is 1. The maximum Gasteiger partial charge on any atom is 0.331 e. The van der Waals surface area contributed by atoms with E-state index in [1.54, 1.807) is 41.5 Å². The van der Waals surface area contributed by atoms with E-state index in [0.717, 1.165) is 7.11 Å². The van der Waals surface area contributed by atoms with Crippen molar-refractivity contribution in [2.75, 3.05) is 13.7 Å². The van der Waals surface area contributed by atoms with E-state index in [0.29, 0.717) is 17.7 Å². The van der Waals surface area contributed by atoms with Crippen LogP contribution >= 0.6 is 0 Å². The molecule has 9 amide bonds. The van der Waals surface area contributed by atoms with Crippen molar-refractivity contribution in [2.45, 2.75) is 174 Å². The fraction of sp³-hybridized carbons (Fsp3) is 0.604. The van der Waals surface area contributed by atoms with Crippen LogP contribution in [0.3, 0.4) is 0 Å². The van der Waals surface area contributed by atoms with Gasteiger partial charge in [0.25, 0.3) is 0 Å². The molecule has 0 radical (unpaired) electrons. The minimum absolute atomic E-state index is 0.0213. The number of phenols is 1. The van der Waals surface area contributed by atoms with Crippen molar-refractivity contribution >= 4 is 71.1 Å². The number of carboxylic acid groups (broad SMARTS) is 1. The number of carbonyl (C=O) groups is 11. The van der Waals surface area contributed by atoms with E-state index in [1.807, 2.05) is 0 Å². The van der Waals surface area contributed by atoms with Crippen LogP contribution in [0.5, 0.6) is 5.75 Å². The number of aliphatic carboxylic acids is 1. The van der Waals surface area contributed by atoms with Crippen LogP contribution in [0.4, 0.5) is 0 Å². The molecule has 1 heterocycles. The first-order chi connectivity index (χ1) is 38.9. The first kappa shape index (κ1) is 70.7. The van der Waals surface area contributed by atoms with Crippen molar-refractivity contribution in [1.29, 1.82) is 0 Å². The quantitative estimate of drug-likeness (QED) is 0.0138. The predicted molar refractivity (Wildman–Crippen MR) is 300 cm³/mol. The third kappa shape index (κ3) is 24.7. The van der Waals surface area contributed by atoms with Crippen LogP contribution in [0.2, 0.25) is 0 Å². The topological polar surface area (TPSA) is 485 Å². The van der Waals surface area contributed by atoms with Gasteiger partial charge in [0.05, 0.1) is 32.0 Å². The van der Waals surface area contributed by atoms with Crippen LogP contribution in [-0.4, -0.2) is 177 Å². The number of carboxylic acids is 1. The number of hydrogen-bond acceptors (Lipinski definition) is 17. The molecule has 19 N–H and O–H groups in total. The Morgan fingerprint density at radius 3 is 1.64 bits per heavy atom. The minimum Gasteiger partial charge on any atom is -0.508 e. The first-order valence-corrected chi connectivity index (χ1v) is 27.2. The second kappa shape index (κ2) is 34.8. The summed E-state index contributed by atoms with van der Waals surface area (Å²) in [5.74, 6) is -11.7. The number of guanidine groups is 1. The average molecular weight is 1170 g/mol. The van der Waals surface area contributed by atoms with Crippen LogP contribution in [0.25, 0.3) is 0 Å². The van der Waals surface area contributed by atoms with Crippen molar-refractivity contribution in [2.24, 2.45) is 39.9 Å². The highest BCUT2D eigenvalue weighted by molar-refractivity contribution is 5.99. The SMILES string of the molecule is CC[C@H](C)[C@H](NC(=O)[C@H](C)NC(=O)[C@H](CC(C)C)NC(=O)[C@H](Cc1ccc(O)cc1)NC(=O)[C@H](CCCN=C(N)N)NC(=O)[C@@H](N)CC(=O)O)C(=O)N[C@H](C(=O)N[C@@H](Cc1cnc[nH]1)C(=O)N[C@@H](C)C(=O)N[C@H](C(=O)OC)[C@@H](C)O)C(C)C. The third-order valence-corrected chi connectivity index (χ3v) is 13.1. The molecule has 1 aromatic heterocycles. The second-order valence-electron chi connectivity index (χ2n) is 21.0. The molecule has 0 aliphatic carbocycles. The summed E-state index contributed by atoms with van der Waals surface area (Å²) in [6.07, 6.45) is 0.709. The summed E-state index contributed by atoms with van der Waals surface area (Å²) >= 11 is 0. The molecule has 12 atom stereocenters. The van der Waals surface area contributed by atoms with E-state index in [9.17, 15) is 68.1 Å². The van der Waals surface area contributed by atoms with Gasteiger partial charge in [-0.1, -0.05) is 60.1 Å². The highest BCUT2D eigenvalue weighted by atomic mass is 16.5. The van der Waals surface area contributed by atoms with E-state index < -0.39 is 150 Å². The van der Waals surface area contributed by atoms with Gasteiger partial charge in [0.15, 0.2) is 12.0 Å². The predicted octanol–water partition coefficient (Wildman–Crippen LogP) is -3.54. The number of carbonyl (C=O) groups excluding carboxylic acids is 10. The number of aromatic hydroxyl groups is 1. The highest BCUT2D eigenvalue weighted by Crippen LogP contribution is 2.15. The Labute approximate surface area is 481 Å². The average Bonchev–Trinajstić information content (AvgIpc) is 4.06. The van der Waals surface area contributed by atoms with Crippen LogP contribution in [0.15, 0.2) is 41.8 Å². The molecule has 30 heteroatoms. The van der Waals surface area contributed by atoms with Crippen molar-refractivity contribution < 1.29 is 72.8 Å². The molecule has 462 valence electrons. The number of esters is 1. The van der Waals surface area contributed by atoms with Gasteiger partial charge < -0.3 is 90.1 Å². The zero-order valence-electron chi connectivity index (χ0n) is 48.6. The zero-order valence-corrected chi connectivity index (χ0v) is 48.6. The summed E-state index contributed by atoms with van der Waals surface area (Å²) < 4.78 is 4.64. The molecule has 83 heavy (non-hydrogen) atoms. The van der Waals surface area contributed by atoms with Crippen molar-refractivity contribution in [1.82, 2.24) is 57.8 Å². The summed E-state index contributed by atoms with van der Waals surface area (Å²) in [6, 6.07) is -8.05. The van der Waals surface area contributed by atoms with Crippen LogP contribution < -0.4 is 65.1 Å². The van der Waals surface area contributed by atoms with E-state index in [4.69, 9.17) is 17.2 Å². The summed E-state index contributed by atoms with van der Waals surface area (Å²) in [6.45, 7) is 14.2. The largest absolute Gasteiger partial charge is 0.508 e. The lowest BCUT2D eigenvalue weighted by molar-refractivity contribution is -0.148. The number of aliphatic imine (C=N–C) groups is 1. The molecule has 0 unspecified atom stereocenters. The van der Waals surface area contributed by atoms with Gasteiger partial charge in [0.1, 0.15) is 54.1 Å². The number of amides is 9. The molecule has 0 bridgehead atoms. The van der Waals surface area contributed by atoms with Gasteiger partial charge in [0, 0.05) is 31.3 Å². The number of nitrogens with one attached hydrogen (secondary N) is 10. The van der Waals surface area contributed by atoms with Crippen molar-refractivity contribution in [3.05, 3.63) is 48.0 Å². The number of benzene rings is 1. The Bertz CT molecular complexity index is 2540. The summed E-state index contributed by atoms with van der Waals surface area (Å²) in [5.41, 5.74) is 17.5. The van der Waals surface area contributed by atoms with E-state index in [1.165, 1.54) is 57.6 Å². The highest BCUT2D eigenvalue weighted by Gasteiger charge is 2.37. The molecule has 0 aliphatic heterocycles. The fourth-order valence-corrected chi connectivity index (χ4v) is 8.04. The number of hydrogen-bond donors (Lipinski definition) is 16. The molecule has 0 saturated heterocycles. The fourth-order valence-electron chi connectivity index (χ4n) is 8.04. The maximum absolute atomic E-state index is 14.3. The Morgan fingerprint density at radius 2 is 1.13 bits per heavy atom. The Kier molecular flexibility index (Phi) is 29.6. The van der Waals surface area contributed by atoms with Crippen LogP contribution in [0, 0.1) is 17.8 Å². The zero-order chi connectivity index (χ0) is 62.8. The van der Waals surface area contributed by atoms with Gasteiger partial charge in [-0.2, -0.15) is 0 Å². The van der Waals surface area contributed by atoms with Crippen LogP contribution in [-0.2, 0) is 70.3 Å².